The van der Waals surface area contributed by atoms with Gasteiger partial charge >= 0.3 is 11.9 Å². The van der Waals surface area contributed by atoms with E-state index in [1.165, 1.54) is 6.07 Å². The molecule has 0 aliphatic carbocycles. The molecule has 0 fully saturated rings. The van der Waals surface area contributed by atoms with Crippen LogP contribution in [0, 0.1) is 22.0 Å². The molecule has 0 unspecified atom stereocenters. The minimum absolute atomic E-state index is 0.333. The Morgan fingerprint density at radius 3 is 2.61 bits per heavy atom. The molecule has 7 heteroatoms. The Morgan fingerprint density at radius 1 is 1.44 bits per heavy atom. The lowest BCUT2D eigenvalue weighted by Crippen LogP contribution is -2.04. The van der Waals surface area contributed by atoms with Crippen LogP contribution in [0.3, 0.4) is 0 Å². The van der Waals surface area contributed by atoms with Gasteiger partial charge in [-0.2, -0.15) is 0 Å². The standard InChI is InChI=1S/C11H7NO6/c1-18-10(13)6-5-7-8(11(14)15)3-2-4-9(7)12(16)17/h2-4H,1H3,(H,14,15). The van der Waals surface area contributed by atoms with E-state index in [1.54, 1.807) is 0 Å². The molecule has 1 rings (SSSR count). The summed E-state index contributed by atoms with van der Waals surface area (Å²) in [6, 6.07) is 3.50. The number of rotatable bonds is 2. The third kappa shape index (κ3) is 2.82. The maximum Gasteiger partial charge on any atom is 0.384 e. The van der Waals surface area contributed by atoms with Crippen molar-refractivity contribution in [2.45, 2.75) is 0 Å². The summed E-state index contributed by atoms with van der Waals surface area (Å²) >= 11 is 0. The Bertz CT molecular complexity index is 549. The van der Waals surface area contributed by atoms with Crippen molar-refractivity contribution in [3.8, 4) is 11.8 Å². The highest BCUT2D eigenvalue weighted by Gasteiger charge is 2.19. The van der Waals surface area contributed by atoms with Crippen molar-refractivity contribution < 1.29 is 24.4 Å². The van der Waals surface area contributed by atoms with Gasteiger partial charge in [-0.1, -0.05) is 6.07 Å². The molecule has 7 nitrogen and oxygen atoms in total. The second kappa shape index (κ2) is 5.45. The molecule has 0 spiro atoms. The Balaban J connectivity index is 3.44. The molecule has 0 atom stereocenters. The minimum atomic E-state index is -1.37. The van der Waals surface area contributed by atoms with Gasteiger partial charge in [-0.15, -0.1) is 0 Å². The van der Waals surface area contributed by atoms with E-state index in [4.69, 9.17) is 5.11 Å². The molecular weight excluding hydrogens is 242 g/mol. The third-order valence-corrected chi connectivity index (χ3v) is 1.94. The molecule has 1 aromatic carbocycles. The lowest BCUT2D eigenvalue weighted by molar-refractivity contribution is -0.385. The van der Waals surface area contributed by atoms with Gasteiger partial charge in [0.2, 0.25) is 0 Å². The summed E-state index contributed by atoms with van der Waals surface area (Å²) in [5.41, 5.74) is -1.16. The Hall–Kier alpha value is -2.88. The van der Waals surface area contributed by atoms with E-state index in [0.717, 1.165) is 19.2 Å². The number of nitro groups is 1. The zero-order chi connectivity index (χ0) is 13.7. The highest BCUT2D eigenvalue weighted by atomic mass is 16.6. The van der Waals surface area contributed by atoms with Crippen LogP contribution < -0.4 is 0 Å². The fraction of sp³-hybridized carbons (Fsp3) is 0.0909. The van der Waals surface area contributed by atoms with Crippen LogP contribution in [0.5, 0.6) is 0 Å². The molecule has 0 aliphatic heterocycles. The molecule has 0 aliphatic rings. The fourth-order valence-electron chi connectivity index (χ4n) is 1.17. The normalized spacial score (nSPS) is 8.94. The molecular formula is C11H7NO6. The van der Waals surface area contributed by atoms with E-state index in [2.05, 4.69) is 10.7 Å². The van der Waals surface area contributed by atoms with Gasteiger partial charge in [0.05, 0.1) is 17.6 Å². The maximum absolute atomic E-state index is 10.9. The van der Waals surface area contributed by atoms with Crippen molar-refractivity contribution in [3.05, 3.63) is 39.4 Å². The zero-order valence-corrected chi connectivity index (χ0v) is 9.17. The summed E-state index contributed by atoms with van der Waals surface area (Å²) < 4.78 is 4.24. The molecule has 0 bridgehead atoms. The van der Waals surface area contributed by atoms with Gasteiger partial charge in [-0.3, -0.25) is 10.1 Å². The Labute approximate surface area is 101 Å². The van der Waals surface area contributed by atoms with E-state index in [1.807, 2.05) is 5.92 Å². The predicted octanol–water partition coefficient (Wildman–Crippen LogP) is 0.818. The number of nitro benzene ring substituents is 1. The predicted molar refractivity (Wildman–Crippen MR) is 58.9 cm³/mol. The molecule has 0 saturated heterocycles. The summed E-state index contributed by atoms with van der Waals surface area (Å²) in [6.07, 6.45) is 0. The number of hydrogen-bond donors (Lipinski definition) is 1. The average Bonchev–Trinajstić information content (AvgIpc) is 2.34. The lowest BCUT2D eigenvalue weighted by atomic mass is 10.1. The number of methoxy groups -OCH3 is 1. The summed E-state index contributed by atoms with van der Waals surface area (Å²) in [4.78, 5) is 31.7. The van der Waals surface area contributed by atoms with Crippen molar-refractivity contribution in [2.75, 3.05) is 7.11 Å². The fourth-order valence-corrected chi connectivity index (χ4v) is 1.17. The van der Waals surface area contributed by atoms with Crippen molar-refractivity contribution in [3.63, 3.8) is 0 Å². The van der Waals surface area contributed by atoms with Crippen LogP contribution >= 0.6 is 0 Å². The number of hydrogen-bond acceptors (Lipinski definition) is 5. The van der Waals surface area contributed by atoms with Crippen LogP contribution in [0.15, 0.2) is 18.2 Å². The molecule has 0 aromatic heterocycles. The molecule has 1 N–H and O–H groups in total. The highest BCUT2D eigenvalue weighted by Crippen LogP contribution is 2.21. The molecule has 0 amide bonds. The average molecular weight is 249 g/mol. The van der Waals surface area contributed by atoms with Gasteiger partial charge in [0.25, 0.3) is 5.69 Å². The van der Waals surface area contributed by atoms with Crippen LogP contribution in [0.2, 0.25) is 0 Å². The van der Waals surface area contributed by atoms with Crippen LogP contribution in [0.1, 0.15) is 15.9 Å². The topological polar surface area (TPSA) is 107 Å². The van der Waals surface area contributed by atoms with Gasteiger partial charge < -0.3 is 9.84 Å². The number of carbonyl (C=O) groups excluding carboxylic acids is 1. The summed E-state index contributed by atoms with van der Waals surface area (Å²) in [5, 5.41) is 19.6. The second-order valence-corrected chi connectivity index (χ2v) is 3.00. The largest absolute Gasteiger partial charge is 0.478 e. The maximum atomic E-state index is 10.9. The third-order valence-electron chi connectivity index (χ3n) is 1.94. The van der Waals surface area contributed by atoms with E-state index >= 15 is 0 Å². The summed E-state index contributed by atoms with van der Waals surface area (Å²) in [7, 11) is 1.09. The molecule has 18 heavy (non-hydrogen) atoms. The van der Waals surface area contributed by atoms with E-state index < -0.39 is 22.5 Å². The van der Waals surface area contributed by atoms with E-state index in [0.29, 0.717) is 0 Å². The minimum Gasteiger partial charge on any atom is -0.478 e. The first-order chi connectivity index (χ1) is 8.47. The van der Waals surface area contributed by atoms with Crippen molar-refractivity contribution in [1.29, 1.82) is 0 Å². The number of nitrogens with zero attached hydrogens (tertiary/aromatic N) is 1. The van der Waals surface area contributed by atoms with Gasteiger partial charge in [-0.05, 0) is 12.0 Å². The quantitative estimate of drug-likeness (QED) is 0.360. The SMILES string of the molecule is COC(=O)C#Cc1c(C(=O)O)cccc1[N+](=O)[O-]. The molecule has 1 aromatic rings. The number of carboxylic acid groups (broad SMARTS) is 1. The Kier molecular flexibility index (Phi) is 3.99. The number of carbonyl (C=O) groups is 2. The van der Waals surface area contributed by atoms with Crippen LogP contribution in [-0.2, 0) is 9.53 Å². The van der Waals surface area contributed by atoms with Gasteiger partial charge in [-0.25, -0.2) is 9.59 Å². The van der Waals surface area contributed by atoms with Crippen molar-refractivity contribution in [2.24, 2.45) is 0 Å². The van der Waals surface area contributed by atoms with Crippen molar-refractivity contribution >= 4 is 17.6 Å². The van der Waals surface area contributed by atoms with Gasteiger partial charge in [0.1, 0.15) is 5.56 Å². The van der Waals surface area contributed by atoms with Crippen LogP contribution in [-0.4, -0.2) is 29.1 Å². The highest BCUT2D eigenvalue weighted by molar-refractivity contribution is 5.94. The monoisotopic (exact) mass is 249 g/mol. The van der Waals surface area contributed by atoms with Crippen molar-refractivity contribution in [1.82, 2.24) is 0 Å². The van der Waals surface area contributed by atoms with Crippen LogP contribution in [0.25, 0.3) is 0 Å². The molecule has 0 radical (unpaired) electrons. The van der Waals surface area contributed by atoms with Crippen LogP contribution in [0.4, 0.5) is 5.69 Å². The first kappa shape index (κ1) is 13.2. The number of ether oxygens (including phenoxy) is 1. The lowest BCUT2D eigenvalue weighted by Gasteiger charge is -1.99. The van der Waals surface area contributed by atoms with E-state index in [9.17, 15) is 19.7 Å². The second-order valence-electron chi connectivity index (χ2n) is 3.00. The first-order valence-electron chi connectivity index (χ1n) is 4.58. The zero-order valence-electron chi connectivity index (χ0n) is 9.17. The number of carboxylic acids is 1. The number of aromatic carboxylic acids is 1. The number of esters is 1. The van der Waals surface area contributed by atoms with Gasteiger partial charge in [0, 0.05) is 12.0 Å². The smallest absolute Gasteiger partial charge is 0.384 e. The van der Waals surface area contributed by atoms with Gasteiger partial charge in [0.15, 0.2) is 0 Å². The summed E-state index contributed by atoms with van der Waals surface area (Å²) in [5.74, 6) is 1.83. The number of benzene rings is 1. The van der Waals surface area contributed by atoms with E-state index in [-0.39, 0.29) is 11.1 Å². The molecule has 92 valence electrons. The molecule has 0 heterocycles. The molecule has 0 saturated carbocycles. The summed E-state index contributed by atoms with van der Waals surface area (Å²) in [6.45, 7) is 0. The Morgan fingerprint density at radius 2 is 2.11 bits per heavy atom. The first-order valence-corrected chi connectivity index (χ1v) is 4.58.